The van der Waals surface area contributed by atoms with Gasteiger partial charge in [0.1, 0.15) is 17.4 Å². The number of aliphatic hydroxyl groups is 1. The van der Waals surface area contributed by atoms with Gasteiger partial charge >= 0.3 is 0 Å². The van der Waals surface area contributed by atoms with Crippen molar-refractivity contribution in [3.63, 3.8) is 0 Å². The van der Waals surface area contributed by atoms with Gasteiger partial charge in [-0.3, -0.25) is 14.4 Å². The second kappa shape index (κ2) is 12.6. The van der Waals surface area contributed by atoms with Crippen LogP contribution in [0.2, 0.25) is 0 Å². The number of hydrogen-bond donors (Lipinski definition) is 1. The van der Waals surface area contributed by atoms with E-state index in [1.54, 1.807) is 9.80 Å². The molecule has 1 aromatic carbocycles. The summed E-state index contributed by atoms with van der Waals surface area (Å²) in [6.45, 7) is 8.43. The van der Waals surface area contributed by atoms with E-state index >= 15 is 0 Å². The first-order chi connectivity index (χ1) is 20.4. The SMILES string of the molecule is CCCCN1CC=C[C@]23O[C@]4(CC)C=CCN(c5ccc(OCC)cc5)C(=O)[C@@H]4[C@H]2C(=O)N(CCCCCO)C3C1=O. The highest BCUT2D eigenvalue weighted by Crippen LogP contribution is 2.58. The van der Waals surface area contributed by atoms with Crippen LogP contribution in [-0.4, -0.2) is 89.3 Å². The van der Waals surface area contributed by atoms with Crippen LogP contribution in [0.5, 0.6) is 5.75 Å². The van der Waals surface area contributed by atoms with E-state index in [2.05, 4.69) is 6.92 Å². The van der Waals surface area contributed by atoms with Crippen molar-refractivity contribution in [3.8, 4) is 5.75 Å². The molecule has 4 aliphatic heterocycles. The molecule has 1 aromatic rings. The maximum absolute atomic E-state index is 14.6. The molecule has 5 rings (SSSR count). The minimum Gasteiger partial charge on any atom is -0.494 e. The van der Waals surface area contributed by atoms with Gasteiger partial charge in [0.25, 0.3) is 0 Å². The summed E-state index contributed by atoms with van der Waals surface area (Å²) in [5.74, 6) is -1.37. The van der Waals surface area contributed by atoms with Crippen LogP contribution in [0.1, 0.15) is 59.3 Å². The summed E-state index contributed by atoms with van der Waals surface area (Å²) < 4.78 is 12.6. The highest BCUT2D eigenvalue weighted by atomic mass is 16.5. The van der Waals surface area contributed by atoms with Gasteiger partial charge in [0.2, 0.25) is 17.7 Å². The smallest absolute Gasteiger partial charge is 0.249 e. The van der Waals surface area contributed by atoms with Crippen LogP contribution < -0.4 is 9.64 Å². The number of carbonyl (C=O) groups excluding carboxylic acids is 3. The van der Waals surface area contributed by atoms with Gasteiger partial charge in [0.05, 0.1) is 24.0 Å². The summed E-state index contributed by atoms with van der Waals surface area (Å²) >= 11 is 0. The van der Waals surface area contributed by atoms with Gasteiger partial charge < -0.3 is 29.3 Å². The van der Waals surface area contributed by atoms with E-state index in [4.69, 9.17) is 9.47 Å². The molecule has 228 valence electrons. The molecule has 4 aliphatic rings. The highest BCUT2D eigenvalue weighted by molar-refractivity contribution is 6.04. The Morgan fingerprint density at radius 3 is 2.33 bits per heavy atom. The monoisotopic (exact) mass is 579 g/mol. The van der Waals surface area contributed by atoms with Crippen LogP contribution >= 0.6 is 0 Å². The number of fused-ring (bicyclic) bond motifs is 2. The van der Waals surface area contributed by atoms with E-state index in [1.165, 1.54) is 0 Å². The summed E-state index contributed by atoms with van der Waals surface area (Å²) in [5.41, 5.74) is -1.53. The van der Waals surface area contributed by atoms with Crippen LogP contribution in [0.15, 0.2) is 48.6 Å². The molecule has 1 N–H and O–H groups in total. The lowest BCUT2D eigenvalue weighted by atomic mass is 9.73. The van der Waals surface area contributed by atoms with Gasteiger partial charge in [-0.15, -0.1) is 0 Å². The summed E-state index contributed by atoms with van der Waals surface area (Å²) in [6, 6.07) is 6.60. The van der Waals surface area contributed by atoms with E-state index in [-0.39, 0.29) is 24.3 Å². The second-order valence-corrected chi connectivity index (χ2v) is 11.8. The third kappa shape index (κ3) is 5.04. The molecular weight excluding hydrogens is 534 g/mol. The van der Waals surface area contributed by atoms with Crippen molar-refractivity contribution in [3.05, 3.63) is 48.6 Å². The van der Waals surface area contributed by atoms with Crippen LogP contribution in [0.4, 0.5) is 5.69 Å². The van der Waals surface area contributed by atoms with E-state index in [1.807, 2.05) is 67.3 Å². The molecule has 3 amide bonds. The predicted molar refractivity (Wildman–Crippen MR) is 160 cm³/mol. The number of nitrogens with zero attached hydrogens (tertiary/aromatic N) is 3. The number of carbonyl (C=O) groups is 3. The fourth-order valence-corrected chi connectivity index (χ4v) is 7.29. The summed E-state index contributed by atoms with van der Waals surface area (Å²) in [6.07, 6.45) is 12.1. The zero-order chi connectivity index (χ0) is 29.9. The fraction of sp³-hybridized carbons (Fsp3) is 0.606. The van der Waals surface area contributed by atoms with Crippen molar-refractivity contribution in [2.45, 2.75) is 76.5 Å². The number of hydrogen-bond acceptors (Lipinski definition) is 6. The molecule has 9 heteroatoms. The van der Waals surface area contributed by atoms with Crippen molar-refractivity contribution >= 4 is 23.4 Å². The van der Waals surface area contributed by atoms with Crippen molar-refractivity contribution in [1.29, 1.82) is 0 Å². The number of anilines is 1. The molecule has 1 unspecified atom stereocenters. The Bertz CT molecular complexity index is 1210. The first-order valence-electron chi connectivity index (χ1n) is 15.7. The lowest BCUT2D eigenvalue weighted by Crippen LogP contribution is -2.56. The summed E-state index contributed by atoms with van der Waals surface area (Å²) in [4.78, 5) is 48.6. The molecule has 42 heavy (non-hydrogen) atoms. The number of likely N-dealkylation sites (tertiary alicyclic amines) is 1. The quantitative estimate of drug-likeness (QED) is 0.300. The first kappa shape index (κ1) is 30.3. The van der Waals surface area contributed by atoms with Crippen molar-refractivity contribution < 1.29 is 29.0 Å². The Labute approximate surface area is 249 Å². The summed E-state index contributed by atoms with van der Waals surface area (Å²) in [7, 11) is 0. The zero-order valence-corrected chi connectivity index (χ0v) is 25.2. The molecule has 0 aliphatic carbocycles. The molecule has 0 aromatic heterocycles. The largest absolute Gasteiger partial charge is 0.494 e. The maximum Gasteiger partial charge on any atom is 0.249 e. The second-order valence-electron chi connectivity index (χ2n) is 11.8. The van der Waals surface area contributed by atoms with Gasteiger partial charge in [0, 0.05) is 38.5 Å². The average molecular weight is 580 g/mol. The Morgan fingerprint density at radius 2 is 1.64 bits per heavy atom. The molecule has 2 saturated heterocycles. The Morgan fingerprint density at radius 1 is 0.881 bits per heavy atom. The Balaban J connectivity index is 1.56. The standard InChI is InChI=1S/C33H45N3O6/c1-4-7-19-34-20-12-18-33-27(30(39)36(28(33)31(34)40)21-9-8-10-23-37)26-29(38)35(22-11-17-32(26,5-2)42-33)24-13-15-25(16-14-24)41-6-3/h11-18,26-28,37H,4-10,19-23H2,1-3H3/t26-,27-,28?,32+,33-/m0/s1. The molecule has 4 heterocycles. The molecule has 0 bridgehead atoms. The van der Waals surface area contributed by atoms with Crippen molar-refractivity contribution in [1.82, 2.24) is 9.80 Å². The van der Waals surface area contributed by atoms with Gasteiger partial charge in [0.15, 0.2) is 0 Å². The number of aliphatic hydroxyl groups excluding tert-OH is 1. The molecule has 9 nitrogen and oxygen atoms in total. The number of unbranched alkanes of at least 4 members (excludes halogenated alkanes) is 3. The van der Waals surface area contributed by atoms with Crippen LogP contribution in [0.3, 0.4) is 0 Å². The van der Waals surface area contributed by atoms with Crippen LogP contribution in [0, 0.1) is 11.8 Å². The first-order valence-corrected chi connectivity index (χ1v) is 15.7. The normalized spacial score (nSPS) is 30.3. The van der Waals surface area contributed by atoms with Crippen molar-refractivity contribution in [2.24, 2.45) is 11.8 Å². The summed E-state index contributed by atoms with van der Waals surface area (Å²) in [5, 5.41) is 9.30. The minimum atomic E-state index is -1.24. The van der Waals surface area contributed by atoms with Crippen molar-refractivity contribution in [2.75, 3.05) is 44.3 Å². The lowest BCUT2D eigenvalue weighted by Gasteiger charge is -2.38. The molecule has 0 saturated carbocycles. The zero-order valence-electron chi connectivity index (χ0n) is 25.2. The topological polar surface area (TPSA) is 99.6 Å². The van der Waals surface area contributed by atoms with Gasteiger partial charge in [-0.2, -0.15) is 0 Å². The molecular formula is C33H45N3O6. The van der Waals surface area contributed by atoms with Gasteiger partial charge in [-0.25, -0.2) is 0 Å². The predicted octanol–water partition coefficient (Wildman–Crippen LogP) is 3.71. The minimum absolute atomic E-state index is 0.0861. The number of ether oxygens (including phenoxy) is 2. The van der Waals surface area contributed by atoms with Crippen LogP contribution in [-0.2, 0) is 19.1 Å². The maximum atomic E-state index is 14.6. The van der Waals surface area contributed by atoms with Crippen LogP contribution in [0.25, 0.3) is 0 Å². The third-order valence-electron chi connectivity index (χ3n) is 9.32. The Kier molecular flexibility index (Phi) is 9.08. The van der Waals surface area contributed by atoms with Gasteiger partial charge in [-0.05, 0) is 63.3 Å². The van der Waals surface area contributed by atoms with E-state index < -0.39 is 29.1 Å². The number of rotatable bonds is 12. The average Bonchev–Trinajstić information content (AvgIpc) is 3.28. The Hall–Kier alpha value is -3.17. The molecule has 5 atom stereocenters. The fourth-order valence-electron chi connectivity index (χ4n) is 7.29. The van der Waals surface area contributed by atoms with E-state index in [0.717, 1.165) is 30.7 Å². The highest BCUT2D eigenvalue weighted by Gasteiger charge is 2.75. The molecule has 1 spiro atoms. The van der Waals surface area contributed by atoms with E-state index in [9.17, 15) is 19.5 Å². The number of amides is 3. The van der Waals surface area contributed by atoms with Gasteiger partial charge in [-0.1, -0.05) is 44.6 Å². The lowest BCUT2D eigenvalue weighted by molar-refractivity contribution is -0.152. The molecule has 2 fully saturated rings. The number of benzene rings is 1. The van der Waals surface area contributed by atoms with E-state index in [0.29, 0.717) is 52.0 Å². The third-order valence-corrected chi connectivity index (χ3v) is 9.32. The molecule has 0 radical (unpaired) electrons.